The normalized spacial score (nSPS) is 23.5. The highest BCUT2D eigenvalue weighted by Crippen LogP contribution is 2.16. The van der Waals surface area contributed by atoms with Crippen LogP contribution in [0.2, 0.25) is 0 Å². The van der Waals surface area contributed by atoms with Gasteiger partial charge in [0.15, 0.2) is 0 Å². The Labute approximate surface area is 104 Å². The first-order valence-electron chi connectivity index (χ1n) is 6.47. The van der Waals surface area contributed by atoms with Crippen molar-refractivity contribution in [3.8, 4) is 0 Å². The molecule has 1 amide bonds. The summed E-state index contributed by atoms with van der Waals surface area (Å²) in [4.78, 5) is 14.1. The largest absolute Gasteiger partial charge is 0.383 e. The van der Waals surface area contributed by atoms with Crippen molar-refractivity contribution < 1.29 is 9.53 Å². The van der Waals surface area contributed by atoms with Crippen LogP contribution in [0.1, 0.15) is 26.2 Å². The van der Waals surface area contributed by atoms with Crippen LogP contribution in [0.5, 0.6) is 0 Å². The summed E-state index contributed by atoms with van der Waals surface area (Å²) in [7, 11) is 1.71. The van der Waals surface area contributed by atoms with Crippen LogP contribution in [-0.2, 0) is 9.53 Å². The summed E-state index contributed by atoms with van der Waals surface area (Å²) in [6.45, 7) is 5.05. The third-order valence-electron chi connectivity index (χ3n) is 3.33. The highest BCUT2D eigenvalue weighted by Gasteiger charge is 2.32. The number of nitrogens with two attached hydrogens (primary N) is 1. The second kappa shape index (κ2) is 7.63. The van der Waals surface area contributed by atoms with Crippen LogP contribution in [0.4, 0.5) is 0 Å². The number of ether oxygens (including phenoxy) is 1. The number of amides is 1. The number of piperazine rings is 1. The first-order chi connectivity index (χ1) is 8.24. The SMILES string of the molecule is CCC1C(=O)NCCN1C(CCCN)COC. The highest BCUT2D eigenvalue weighted by atomic mass is 16.5. The molecule has 1 rings (SSSR count). The van der Waals surface area contributed by atoms with Gasteiger partial charge in [-0.25, -0.2) is 0 Å². The number of carbonyl (C=O) groups excluding carboxylic acids is 1. The van der Waals surface area contributed by atoms with Crippen LogP contribution in [0.15, 0.2) is 0 Å². The topological polar surface area (TPSA) is 67.6 Å². The average Bonchev–Trinajstić information content (AvgIpc) is 2.34. The van der Waals surface area contributed by atoms with Crippen LogP contribution in [0.3, 0.4) is 0 Å². The van der Waals surface area contributed by atoms with Crippen molar-refractivity contribution in [1.29, 1.82) is 0 Å². The van der Waals surface area contributed by atoms with E-state index in [1.54, 1.807) is 7.11 Å². The van der Waals surface area contributed by atoms with Gasteiger partial charge in [0.25, 0.3) is 0 Å². The number of nitrogens with one attached hydrogen (secondary N) is 1. The predicted octanol–water partition coefficient (Wildman–Crippen LogP) is -0.0493. The quantitative estimate of drug-likeness (QED) is 0.658. The molecule has 0 aromatic rings. The highest BCUT2D eigenvalue weighted by molar-refractivity contribution is 5.82. The molecule has 17 heavy (non-hydrogen) atoms. The van der Waals surface area contributed by atoms with E-state index in [0.29, 0.717) is 19.2 Å². The minimum Gasteiger partial charge on any atom is -0.383 e. The van der Waals surface area contributed by atoms with Crippen molar-refractivity contribution in [2.24, 2.45) is 5.73 Å². The van der Waals surface area contributed by atoms with Gasteiger partial charge in [-0.15, -0.1) is 0 Å². The lowest BCUT2D eigenvalue weighted by Gasteiger charge is -2.40. The van der Waals surface area contributed by atoms with Crippen molar-refractivity contribution in [1.82, 2.24) is 10.2 Å². The maximum Gasteiger partial charge on any atom is 0.237 e. The van der Waals surface area contributed by atoms with Gasteiger partial charge < -0.3 is 15.8 Å². The van der Waals surface area contributed by atoms with E-state index in [9.17, 15) is 4.79 Å². The van der Waals surface area contributed by atoms with E-state index in [2.05, 4.69) is 17.1 Å². The van der Waals surface area contributed by atoms with Crippen LogP contribution in [0.25, 0.3) is 0 Å². The number of hydrogen-bond acceptors (Lipinski definition) is 4. The van der Waals surface area contributed by atoms with Gasteiger partial charge in [-0.1, -0.05) is 6.92 Å². The minimum atomic E-state index is -0.0123. The standard InChI is InChI=1S/C12H25N3O2/c1-3-11-12(16)14-7-8-15(11)10(9-17-2)5-4-6-13/h10-11H,3-9,13H2,1-2H3,(H,14,16). The summed E-state index contributed by atoms with van der Waals surface area (Å²) >= 11 is 0. The first-order valence-corrected chi connectivity index (χ1v) is 6.47. The third-order valence-corrected chi connectivity index (χ3v) is 3.33. The molecule has 0 spiro atoms. The van der Waals surface area contributed by atoms with Gasteiger partial charge in [-0.05, 0) is 25.8 Å². The minimum absolute atomic E-state index is 0.0123. The van der Waals surface area contributed by atoms with Crippen molar-refractivity contribution in [3.63, 3.8) is 0 Å². The van der Waals surface area contributed by atoms with Crippen LogP contribution >= 0.6 is 0 Å². The van der Waals surface area contributed by atoms with Gasteiger partial charge in [0.1, 0.15) is 0 Å². The molecule has 2 unspecified atom stereocenters. The molecule has 3 N–H and O–H groups in total. The lowest BCUT2D eigenvalue weighted by atomic mass is 10.0. The second-order valence-corrected chi connectivity index (χ2v) is 4.49. The summed E-state index contributed by atoms with van der Waals surface area (Å²) < 4.78 is 5.27. The molecule has 1 aliphatic rings. The van der Waals surface area contributed by atoms with Crippen molar-refractivity contribution in [3.05, 3.63) is 0 Å². The monoisotopic (exact) mass is 243 g/mol. The Hall–Kier alpha value is -0.650. The van der Waals surface area contributed by atoms with E-state index in [1.807, 2.05) is 0 Å². The molecule has 0 aromatic carbocycles. The Morgan fingerprint density at radius 2 is 2.41 bits per heavy atom. The number of methoxy groups -OCH3 is 1. The van der Waals surface area contributed by atoms with Gasteiger partial charge in [-0.3, -0.25) is 9.69 Å². The molecule has 0 saturated carbocycles. The molecule has 5 heteroatoms. The van der Waals surface area contributed by atoms with Crippen molar-refractivity contribution in [2.45, 2.75) is 38.3 Å². The fraction of sp³-hybridized carbons (Fsp3) is 0.917. The first kappa shape index (κ1) is 14.4. The van der Waals surface area contributed by atoms with E-state index in [-0.39, 0.29) is 11.9 Å². The van der Waals surface area contributed by atoms with Crippen molar-refractivity contribution >= 4 is 5.91 Å². The molecule has 0 bridgehead atoms. The van der Waals surface area contributed by atoms with Crippen LogP contribution in [-0.4, -0.2) is 56.2 Å². The molecule has 0 radical (unpaired) electrons. The maximum atomic E-state index is 11.8. The van der Waals surface area contributed by atoms with Gasteiger partial charge >= 0.3 is 0 Å². The van der Waals surface area contributed by atoms with Gasteiger partial charge in [0.2, 0.25) is 5.91 Å². The van der Waals surface area contributed by atoms with Gasteiger partial charge in [-0.2, -0.15) is 0 Å². The Bertz CT molecular complexity index is 236. The zero-order valence-corrected chi connectivity index (χ0v) is 10.9. The molecule has 100 valence electrons. The number of hydrogen-bond donors (Lipinski definition) is 2. The zero-order chi connectivity index (χ0) is 12.7. The Morgan fingerprint density at radius 1 is 1.65 bits per heavy atom. The molecule has 1 fully saturated rings. The maximum absolute atomic E-state index is 11.8. The molecule has 1 heterocycles. The lowest BCUT2D eigenvalue weighted by Crippen LogP contribution is -2.59. The molecular weight excluding hydrogens is 218 g/mol. The number of nitrogens with zero attached hydrogens (tertiary/aromatic N) is 1. The Kier molecular flexibility index (Phi) is 6.47. The van der Waals surface area contributed by atoms with Gasteiger partial charge in [0, 0.05) is 26.2 Å². The molecule has 1 aliphatic heterocycles. The molecule has 2 atom stereocenters. The van der Waals surface area contributed by atoms with Crippen molar-refractivity contribution in [2.75, 3.05) is 33.4 Å². The van der Waals surface area contributed by atoms with Crippen LogP contribution in [0, 0.1) is 0 Å². The molecule has 0 aliphatic carbocycles. The van der Waals surface area contributed by atoms with E-state index in [1.165, 1.54) is 0 Å². The Balaban J connectivity index is 2.64. The second-order valence-electron chi connectivity index (χ2n) is 4.49. The molecular formula is C12H25N3O2. The molecule has 0 aromatic heterocycles. The summed E-state index contributed by atoms with van der Waals surface area (Å²) in [5.74, 6) is 0.146. The van der Waals surface area contributed by atoms with E-state index in [0.717, 1.165) is 32.4 Å². The Morgan fingerprint density at radius 3 is 3.00 bits per heavy atom. The van der Waals surface area contributed by atoms with E-state index < -0.39 is 0 Å². The lowest BCUT2D eigenvalue weighted by molar-refractivity contribution is -0.131. The molecule has 1 saturated heterocycles. The smallest absolute Gasteiger partial charge is 0.237 e. The summed E-state index contributed by atoms with van der Waals surface area (Å²) in [5.41, 5.74) is 5.56. The number of carbonyl (C=O) groups is 1. The zero-order valence-electron chi connectivity index (χ0n) is 10.9. The van der Waals surface area contributed by atoms with Crippen LogP contribution < -0.4 is 11.1 Å². The summed E-state index contributed by atoms with van der Waals surface area (Å²) in [5, 5.41) is 2.92. The number of rotatable bonds is 7. The van der Waals surface area contributed by atoms with E-state index in [4.69, 9.17) is 10.5 Å². The summed E-state index contributed by atoms with van der Waals surface area (Å²) in [6, 6.07) is 0.293. The fourth-order valence-electron chi connectivity index (χ4n) is 2.48. The summed E-state index contributed by atoms with van der Waals surface area (Å²) in [6.07, 6.45) is 2.81. The molecule has 5 nitrogen and oxygen atoms in total. The average molecular weight is 243 g/mol. The van der Waals surface area contributed by atoms with Gasteiger partial charge in [0.05, 0.1) is 12.6 Å². The fourth-order valence-corrected chi connectivity index (χ4v) is 2.48. The van der Waals surface area contributed by atoms with E-state index >= 15 is 0 Å². The predicted molar refractivity (Wildman–Crippen MR) is 67.7 cm³/mol. The third kappa shape index (κ3) is 3.94.